The number of carbonyl (C=O) groups excluding carboxylic acids is 1. The largest absolute Gasteiger partial charge is 0.378 e. The van der Waals surface area contributed by atoms with Gasteiger partial charge in [0.15, 0.2) is 0 Å². The Bertz CT molecular complexity index is 579. The van der Waals surface area contributed by atoms with Crippen molar-refractivity contribution in [3.63, 3.8) is 0 Å². The van der Waals surface area contributed by atoms with Gasteiger partial charge in [-0.3, -0.25) is 4.79 Å². The van der Waals surface area contributed by atoms with Gasteiger partial charge in [0.2, 0.25) is 0 Å². The topological polar surface area (TPSA) is 32.3 Å². The van der Waals surface area contributed by atoms with Crippen LogP contribution in [-0.4, -0.2) is 20.0 Å². The summed E-state index contributed by atoms with van der Waals surface area (Å²) < 4.78 is 0.869. The third-order valence-corrected chi connectivity index (χ3v) is 3.46. The average Bonchev–Trinajstić information content (AvgIpc) is 2.41. The second kappa shape index (κ2) is 5.89. The van der Waals surface area contributed by atoms with Crippen molar-refractivity contribution in [1.29, 1.82) is 0 Å². The number of rotatable bonds is 3. The Morgan fingerprint density at radius 2 is 1.68 bits per heavy atom. The highest BCUT2D eigenvalue weighted by Crippen LogP contribution is 2.22. The number of para-hydroxylation sites is 1. The smallest absolute Gasteiger partial charge is 0.255 e. The summed E-state index contributed by atoms with van der Waals surface area (Å²) in [5.74, 6) is -0.114. The number of benzene rings is 2. The van der Waals surface area contributed by atoms with Crippen molar-refractivity contribution >= 4 is 33.2 Å². The fourth-order valence-corrected chi connectivity index (χ4v) is 2.05. The van der Waals surface area contributed by atoms with E-state index >= 15 is 0 Å². The highest BCUT2D eigenvalue weighted by Gasteiger charge is 2.08. The summed E-state index contributed by atoms with van der Waals surface area (Å²) in [6.07, 6.45) is 0. The molecule has 0 saturated heterocycles. The fraction of sp³-hybridized carbons (Fsp3) is 0.133. The Labute approximate surface area is 121 Å². The van der Waals surface area contributed by atoms with E-state index < -0.39 is 0 Å². The Hall–Kier alpha value is -1.81. The van der Waals surface area contributed by atoms with Gasteiger partial charge >= 0.3 is 0 Å². The minimum absolute atomic E-state index is 0.114. The van der Waals surface area contributed by atoms with Crippen LogP contribution in [0.25, 0.3) is 0 Å². The molecule has 0 fully saturated rings. The van der Waals surface area contributed by atoms with Crippen LogP contribution in [-0.2, 0) is 0 Å². The SMILES string of the molecule is CN(C)c1ccc(C(=O)Nc2ccccc2Br)cc1. The molecule has 0 atom stereocenters. The molecule has 0 aliphatic heterocycles. The standard InChI is InChI=1S/C15H15BrN2O/c1-18(2)12-9-7-11(8-10-12)15(19)17-14-6-4-3-5-13(14)16/h3-10H,1-2H3,(H,17,19). The van der Waals surface area contributed by atoms with Crippen LogP contribution in [0, 0.1) is 0 Å². The fourth-order valence-electron chi connectivity index (χ4n) is 1.67. The second-order valence-corrected chi connectivity index (χ2v) is 5.23. The average molecular weight is 319 g/mol. The molecule has 1 amide bonds. The molecule has 0 unspecified atom stereocenters. The normalized spacial score (nSPS) is 10.1. The van der Waals surface area contributed by atoms with Crippen molar-refractivity contribution in [2.75, 3.05) is 24.3 Å². The Morgan fingerprint density at radius 3 is 2.26 bits per heavy atom. The first-order chi connectivity index (χ1) is 9.08. The van der Waals surface area contributed by atoms with E-state index in [-0.39, 0.29) is 5.91 Å². The molecule has 0 heterocycles. The van der Waals surface area contributed by atoms with Crippen LogP contribution >= 0.6 is 15.9 Å². The van der Waals surface area contributed by atoms with Gasteiger partial charge in [-0.05, 0) is 52.3 Å². The van der Waals surface area contributed by atoms with E-state index in [2.05, 4.69) is 21.2 Å². The molecule has 0 aromatic heterocycles. The summed E-state index contributed by atoms with van der Waals surface area (Å²) in [6, 6.07) is 15.0. The molecule has 2 rings (SSSR count). The van der Waals surface area contributed by atoms with Crippen molar-refractivity contribution < 1.29 is 4.79 Å². The molecule has 4 heteroatoms. The van der Waals surface area contributed by atoms with E-state index in [4.69, 9.17) is 0 Å². The minimum atomic E-state index is -0.114. The lowest BCUT2D eigenvalue weighted by atomic mass is 10.2. The van der Waals surface area contributed by atoms with Gasteiger partial charge in [0.05, 0.1) is 5.69 Å². The van der Waals surface area contributed by atoms with Crippen LogP contribution in [0.2, 0.25) is 0 Å². The van der Waals surface area contributed by atoms with Gasteiger partial charge in [-0.25, -0.2) is 0 Å². The monoisotopic (exact) mass is 318 g/mol. The molecule has 3 nitrogen and oxygen atoms in total. The van der Waals surface area contributed by atoms with Gasteiger partial charge in [0, 0.05) is 29.8 Å². The summed E-state index contributed by atoms with van der Waals surface area (Å²) >= 11 is 3.41. The molecule has 0 aliphatic rings. The number of carbonyl (C=O) groups is 1. The molecule has 0 saturated carbocycles. The molecule has 2 aromatic rings. The summed E-state index contributed by atoms with van der Waals surface area (Å²) in [4.78, 5) is 14.1. The van der Waals surface area contributed by atoms with E-state index in [9.17, 15) is 4.79 Å². The van der Waals surface area contributed by atoms with E-state index in [0.717, 1.165) is 15.8 Å². The van der Waals surface area contributed by atoms with Crippen molar-refractivity contribution in [2.24, 2.45) is 0 Å². The summed E-state index contributed by atoms with van der Waals surface area (Å²) in [5, 5.41) is 2.88. The molecular weight excluding hydrogens is 304 g/mol. The summed E-state index contributed by atoms with van der Waals surface area (Å²) in [7, 11) is 3.94. The maximum atomic E-state index is 12.1. The highest BCUT2D eigenvalue weighted by molar-refractivity contribution is 9.10. The number of hydrogen-bond donors (Lipinski definition) is 1. The molecule has 0 radical (unpaired) electrons. The Kier molecular flexibility index (Phi) is 4.22. The van der Waals surface area contributed by atoms with Crippen molar-refractivity contribution in [3.05, 3.63) is 58.6 Å². The first-order valence-electron chi connectivity index (χ1n) is 5.91. The van der Waals surface area contributed by atoms with Crippen LogP contribution in [0.4, 0.5) is 11.4 Å². The lowest BCUT2D eigenvalue weighted by Gasteiger charge is -2.13. The predicted octanol–water partition coefficient (Wildman–Crippen LogP) is 3.77. The lowest BCUT2D eigenvalue weighted by Crippen LogP contribution is -2.13. The van der Waals surface area contributed by atoms with Gasteiger partial charge in [-0.2, -0.15) is 0 Å². The van der Waals surface area contributed by atoms with Crippen molar-refractivity contribution in [3.8, 4) is 0 Å². The molecule has 1 N–H and O–H groups in total. The van der Waals surface area contributed by atoms with E-state index in [0.29, 0.717) is 5.56 Å². The third-order valence-electron chi connectivity index (χ3n) is 2.77. The van der Waals surface area contributed by atoms with E-state index in [1.54, 1.807) is 0 Å². The molecule has 19 heavy (non-hydrogen) atoms. The number of halogens is 1. The predicted molar refractivity (Wildman–Crippen MR) is 82.9 cm³/mol. The van der Waals surface area contributed by atoms with Crippen LogP contribution < -0.4 is 10.2 Å². The number of hydrogen-bond acceptors (Lipinski definition) is 2. The number of nitrogens with one attached hydrogen (secondary N) is 1. The van der Waals surface area contributed by atoms with E-state index in [1.807, 2.05) is 67.5 Å². The number of nitrogens with zero attached hydrogens (tertiary/aromatic N) is 1. The van der Waals surface area contributed by atoms with Gasteiger partial charge < -0.3 is 10.2 Å². The van der Waals surface area contributed by atoms with Gasteiger partial charge in [-0.15, -0.1) is 0 Å². The van der Waals surface area contributed by atoms with Crippen LogP contribution in [0.5, 0.6) is 0 Å². The number of anilines is 2. The second-order valence-electron chi connectivity index (χ2n) is 4.38. The van der Waals surface area contributed by atoms with Crippen molar-refractivity contribution in [1.82, 2.24) is 0 Å². The van der Waals surface area contributed by atoms with Crippen LogP contribution in [0.15, 0.2) is 53.0 Å². The maximum absolute atomic E-state index is 12.1. The quantitative estimate of drug-likeness (QED) is 0.934. The minimum Gasteiger partial charge on any atom is -0.378 e. The molecule has 0 bridgehead atoms. The van der Waals surface area contributed by atoms with E-state index in [1.165, 1.54) is 0 Å². The van der Waals surface area contributed by atoms with Gasteiger partial charge in [-0.1, -0.05) is 12.1 Å². The zero-order chi connectivity index (χ0) is 13.8. The third kappa shape index (κ3) is 3.35. The number of amides is 1. The Morgan fingerprint density at radius 1 is 1.05 bits per heavy atom. The molecule has 0 spiro atoms. The molecule has 2 aromatic carbocycles. The van der Waals surface area contributed by atoms with Gasteiger partial charge in [0.1, 0.15) is 0 Å². The lowest BCUT2D eigenvalue weighted by molar-refractivity contribution is 0.102. The van der Waals surface area contributed by atoms with Crippen molar-refractivity contribution in [2.45, 2.75) is 0 Å². The first kappa shape index (κ1) is 13.6. The first-order valence-corrected chi connectivity index (χ1v) is 6.70. The van der Waals surface area contributed by atoms with Crippen LogP contribution in [0.1, 0.15) is 10.4 Å². The highest BCUT2D eigenvalue weighted by atomic mass is 79.9. The summed E-state index contributed by atoms with van der Waals surface area (Å²) in [6.45, 7) is 0. The zero-order valence-corrected chi connectivity index (χ0v) is 12.4. The summed E-state index contributed by atoms with van der Waals surface area (Å²) in [5.41, 5.74) is 2.47. The Balaban J connectivity index is 2.14. The molecular formula is C15H15BrN2O. The molecule has 98 valence electrons. The zero-order valence-electron chi connectivity index (χ0n) is 10.9. The maximum Gasteiger partial charge on any atom is 0.255 e. The van der Waals surface area contributed by atoms with Gasteiger partial charge in [0.25, 0.3) is 5.91 Å². The van der Waals surface area contributed by atoms with Crippen LogP contribution in [0.3, 0.4) is 0 Å². The molecule has 0 aliphatic carbocycles.